The summed E-state index contributed by atoms with van der Waals surface area (Å²) in [5.74, 6) is 0.615. The van der Waals surface area contributed by atoms with E-state index in [4.69, 9.17) is 5.73 Å². The lowest BCUT2D eigenvalue weighted by atomic mass is 9.94. The second-order valence-electron chi connectivity index (χ2n) is 9.17. The highest BCUT2D eigenvalue weighted by Crippen LogP contribution is 2.36. The number of aryl methyl sites for hydroxylation is 1. The van der Waals surface area contributed by atoms with Gasteiger partial charge in [-0.15, -0.1) is 0 Å². The lowest BCUT2D eigenvalue weighted by Gasteiger charge is -2.24. The van der Waals surface area contributed by atoms with Crippen molar-refractivity contribution in [2.45, 2.75) is 38.6 Å². The van der Waals surface area contributed by atoms with Crippen molar-refractivity contribution in [3.8, 4) is 10.4 Å². The number of rotatable bonds is 7. The van der Waals surface area contributed by atoms with Crippen LogP contribution in [0.4, 0.5) is 5.13 Å². The molecule has 1 amide bonds. The summed E-state index contributed by atoms with van der Waals surface area (Å²) in [5.41, 5.74) is 11.5. The average molecular weight is 447 g/mol. The minimum atomic E-state index is 0.00220. The molecular weight excluding hydrogens is 416 g/mol. The second-order valence-corrected chi connectivity index (χ2v) is 10.2. The fraction of sp³-hybridized carbons (Fsp3) is 0.385. The normalized spacial score (nSPS) is 19.6. The maximum atomic E-state index is 13.7. The number of aromatic nitrogens is 1. The van der Waals surface area contributed by atoms with Crippen LogP contribution in [0.2, 0.25) is 0 Å². The Morgan fingerprint density at radius 2 is 2.19 bits per heavy atom. The highest BCUT2D eigenvalue weighted by atomic mass is 32.1. The van der Waals surface area contributed by atoms with Crippen molar-refractivity contribution >= 4 is 22.4 Å². The summed E-state index contributed by atoms with van der Waals surface area (Å²) in [6.07, 6.45) is 13.2. The number of benzene rings is 1. The molecule has 2 N–H and O–H groups in total. The van der Waals surface area contributed by atoms with Gasteiger partial charge < -0.3 is 15.5 Å². The quantitative estimate of drug-likeness (QED) is 0.648. The Labute approximate surface area is 193 Å². The number of nitrogen functional groups attached to an aromatic ring is 1. The second kappa shape index (κ2) is 8.58. The first-order valence-corrected chi connectivity index (χ1v) is 12.2. The Balaban J connectivity index is 1.38. The van der Waals surface area contributed by atoms with E-state index in [1.165, 1.54) is 35.3 Å². The summed E-state index contributed by atoms with van der Waals surface area (Å²) >= 11 is 1.40. The molecule has 6 heteroatoms. The molecule has 5 nitrogen and oxygen atoms in total. The summed E-state index contributed by atoms with van der Waals surface area (Å²) in [6, 6.07) is 8.64. The molecular formula is C26H30N4OS. The molecule has 1 unspecified atom stereocenters. The van der Waals surface area contributed by atoms with Gasteiger partial charge in [0.25, 0.3) is 5.91 Å². The molecule has 1 aliphatic heterocycles. The fourth-order valence-corrected chi connectivity index (χ4v) is 5.52. The van der Waals surface area contributed by atoms with Crippen LogP contribution >= 0.6 is 11.3 Å². The van der Waals surface area contributed by atoms with Crippen LogP contribution in [0, 0.1) is 12.8 Å². The van der Waals surface area contributed by atoms with Crippen molar-refractivity contribution in [1.29, 1.82) is 0 Å². The number of hydrogen-bond donors (Lipinski definition) is 1. The smallest absolute Gasteiger partial charge is 0.274 e. The van der Waals surface area contributed by atoms with Gasteiger partial charge in [0.05, 0.1) is 10.9 Å². The van der Waals surface area contributed by atoms with Crippen LogP contribution in [0.25, 0.3) is 10.4 Å². The van der Waals surface area contributed by atoms with E-state index >= 15 is 0 Å². The highest BCUT2D eigenvalue weighted by molar-refractivity contribution is 7.19. The largest absolute Gasteiger partial charge is 0.375 e. The van der Waals surface area contributed by atoms with E-state index in [2.05, 4.69) is 60.4 Å². The van der Waals surface area contributed by atoms with Gasteiger partial charge in [-0.05, 0) is 55.2 Å². The number of fused-ring (bicyclic) bond motifs is 1. The maximum absolute atomic E-state index is 13.7. The number of anilines is 1. The molecule has 2 heterocycles. The third-order valence-electron chi connectivity index (χ3n) is 6.59. The zero-order chi connectivity index (χ0) is 22.2. The van der Waals surface area contributed by atoms with Crippen molar-refractivity contribution in [3.05, 3.63) is 71.1 Å². The number of allylic oxidation sites excluding steroid dienone is 2. The molecule has 32 heavy (non-hydrogen) atoms. The molecule has 0 radical (unpaired) electrons. The number of nitrogens with two attached hydrogens (primary N) is 1. The lowest BCUT2D eigenvalue weighted by Crippen LogP contribution is -2.34. The Morgan fingerprint density at radius 1 is 1.34 bits per heavy atom. The van der Waals surface area contributed by atoms with Gasteiger partial charge in [-0.3, -0.25) is 4.79 Å². The molecule has 0 saturated heterocycles. The van der Waals surface area contributed by atoms with Gasteiger partial charge in [-0.25, -0.2) is 4.98 Å². The third-order valence-corrected chi connectivity index (χ3v) is 7.53. The van der Waals surface area contributed by atoms with Gasteiger partial charge in [0, 0.05) is 26.3 Å². The molecule has 0 spiro atoms. The minimum Gasteiger partial charge on any atom is -0.375 e. The summed E-state index contributed by atoms with van der Waals surface area (Å²) in [5, 5.41) is 0.443. The summed E-state index contributed by atoms with van der Waals surface area (Å²) in [6.45, 7) is 3.56. The minimum absolute atomic E-state index is 0.00220. The fourth-order valence-electron chi connectivity index (χ4n) is 4.70. The topological polar surface area (TPSA) is 62.5 Å². The summed E-state index contributed by atoms with van der Waals surface area (Å²) < 4.78 is 0. The first-order chi connectivity index (χ1) is 15.5. The monoisotopic (exact) mass is 446 g/mol. The standard InChI is InChI=1S/C26H30N4OS/c1-17-6-5-7-19(14-17)24-23(28-26(27)32-24)25(31)30(15-18-10-11-18)13-12-20-16-29(2)22-9-4-3-8-21(20)22/h3-8,14,16,18,22H,9-13,15H2,1-2H3,(H2,27,28). The highest BCUT2D eigenvalue weighted by Gasteiger charge is 2.32. The molecule has 5 rings (SSSR count). The van der Waals surface area contributed by atoms with Gasteiger partial charge in [0.15, 0.2) is 5.13 Å². The van der Waals surface area contributed by atoms with Crippen molar-refractivity contribution < 1.29 is 4.79 Å². The maximum Gasteiger partial charge on any atom is 0.274 e. The van der Waals surface area contributed by atoms with E-state index < -0.39 is 0 Å². The molecule has 1 aromatic heterocycles. The Bertz CT molecular complexity index is 1120. The predicted octanol–water partition coefficient (Wildman–Crippen LogP) is 5.03. The van der Waals surface area contributed by atoms with Crippen molar-refractivity contribution in [3.63, 3.8) is 0 Å². The van der Waals surface area contributed by atoms with E-state index in [9.17, 15) is 4.79 Å². The molecule has 2 aromatic rings. The Kier molecular flexibility index (Phi) is 5.64. The van der Waals surface area contributed by atoms with Gasteiger partial charge in [-0.2, -0.15) is 0 Å². The number of carbonyl (C=O) groups is 1. The molecule has 2 aliphatic carbocycles. The van der Waals surface area contributed by atoms with Crippen molar-refractivity contribution in [2.75, 3.05) is 25.9 Å². The number of carbonyl (C=O) groups excluding carboxylic acids is 1. The van der Waals surface area contributed by atoms with Crippen LogP contribution < -0.4 is 5.73 Å². The first kappa shape index (κ1) is 21.0. The van der Waals surface area contributed by atoms with Crippen LogP contribution in [0.15, 0.2) is 59.8 Å². The predicted molar refractivity (Wildman–Crippen MR) is 131 cm³/mol. The Morgan fingerprint density at radius 3 is 2.97 bits per heavy atom. The summed E-state index contributed by atoms with van der Waals surface area (Å²) in [4.78, 5) is 23.4. The molecule has 0 bridgehead atoms. The zero-order valence-electron chi connectivity index (χ0n) is 18.8. The van der Waals surface area contributed by atoms with Gasteiger partial charge >= 0.3 is 0 Å². The van der Waals surface area contributed by atoms with E-state index in [1.807, 2.05) is 17.0 Å². The number of thiazole rings is 1. The van der Waals surface area contributed by atoms with Crippen molar-refractivity contribution in [2.24, 2.45) is 5.92 Å². The zero-order valence-corrected chi connectivity index (χ0v) is 19.6. The average Bonchev–Trinajstić information content (AvgIpc) is 3.44. The number of likely N-dealkylation sites (N-methyl/N-ethyl adjacent to an activating group) is 1. The third kappa shape index (κ3) is 4.24. The number of nitrogens with zero attached hydrogens (tertiary/aromatic N) is 3. The first-order valence-electron chi connectivity index (χ1n) is 11.4. The molecule has 1 aromatic carbocycles. The van der Waals surface area contributed by atoms with Crippen LogP contribution in [-0.4, -0.2) is 46.9 Å². The van der Waals surface area contributed by atoms with Crippen molar-refractivity contribution in [1.82, 2.24) is 14.8 Å². The van der Waals surface area contributed by atoms with E-state index in [0.717, 1.165) is 35.4 Å². The Hall–Kier alpha value is -2.86. The van der Waals surface area contributed by atoms with E-state index in [1.54, 1.807) is 0 Å². The van der Waals surface area contributed by atoms with Gasteiger partial charge in [-0.1, -0.05) is 59.4 Å². The summed E-state index contributed by atoms with van der Waals surface area (Å²) in [7, 11) is 2.14. The SMILES string of the molecule is Cc1cccc(-c2sc(N)nc2C(=O)N(CCC2=CN(C)C3CC=CC=C23)CC2CC2)c1. The van der Waals surface area contributed by atoms with Gasteiger partial charge in [0.1, 0.15) is 5.69 Å². The lowest BCUT2D eigenvalue weighted by molar-refractivity contribution is 0.0745. The van der Waals surface area contributed by atoms with Crippen LogP contribution in [0.3, 0.4) is 0 Å². The van der Waals surface area contributed by atoms with Gasteiger partial charge in [0.2, 0.25) is 0 Å². The molecule has 166 valence electrons. The number of hydrogen-bond acceptors (Lipinski definition) is 5. The number of amides is 1. The van der Waals surface area contributed by atoms with E-state index in [-0.39, 0.29) is 5.91 Å². The molecule has 1 fully saturated rings. The van der Waals surface area contributed by atoms with E-state index in [0.29, 0.717) is 29.3 Å². The molecule has 1 saturated carbocycles. The van der Waals surface area contributed by atoms with Crippen LogP contribution in [0.1, 0.15) is 41.7 Å². The van der Waals surface area contributed by atoms with Crippen LogP contribution in [0.5, 0.6) is 0 Å². The van der Waals surface area contributed by atoms with Crippen LogP contribution in [-0.2, 0) is 0 Å². The molecule has 3 aliphatic rings. The molecule has 1 atom stereocenters.